The van der Waals surface area contributed by atoms with Gasteiger partial charge in [-0.1, -0.05) is 42.0 Å². The molecule has 138 valence electrons. The van der Waals surface area contributed by atoms with Gasteiger partial charge in [0.25, 0.3) is 5.91 Å². The molecule has 3 aromatic rings. The van der Waals surface area contributed by atoms with Crippen LogP contribution in [-0.2, 0) is 13.0 Å². The number of anilines is 1. The van der Waals surface area contributed by atoms with Crippen LogP contribution in [-0.4, -0.2) is 22.4 Å². The van der Waals surface area contributed by atoms with Crippen molar-refractivity contribution in [1.29, 1.82) is 0 Å². The lowest BCUT2D eigenvalue weighted by Gasteiger charge is -2.07. The molecule has 1 amide bonds. The molecular formula is C21H21FN4O. The van der Waals surface area contributed by atoms with Crippen LogP contribution in [0.3, 0.4) is 0 Å². The second-order valence-electron chi connectivity index (χ2n) is 6.26. The highest BCUT2D eigenvalue weighted by atomic mass is 19.1. The van der Waals surface area contributed by atoms with Gasteiger partial charge in [0.2, 0.25) is 0 Å². The number of hydrogen-bond donors (Lipinski definition) is 2. The Morgan fingerprint density at radius 2 is 1.85 bits per heavy atom. The lowest BCUT2D eigenvalue weighted by molar-refractivity contribution is 0.0945. The molecule has 0 saturated heterocycles. The molecule has 2 N–H and O–H groups in total. The van der Waals surface area contributed by atoms with Crippen molar-refractivity contribution in [2.75, 3.05) is 11.9 Å². The Hall–Kier alpha value is -3.28. The van der Waals surface area contributed by atoms with Gasteiger partial charge in [-0.25, -0.2) is 14.4 Å². The van der Waals surface area contributed by atoms with Crippen molar-refractivity contribution in [2.24, 2.45) is 0 Å². The van der Waals surface area contributed by atoms with Crippen LogP contribution in [0.15, 0.2) is 60.9 Å². The number of halogens is 1. The van der Waals surface area contributed by atoms with E-state index in [2.05, 4.69) is 20.6 Å². The number of rotatable bonds is 7. The molecule has 27 heavy (non-hydrogen) atoms. The normalized spacial score (nSPS) is 10.4. The molecule has 6 heteroatoms. The summed E-state index contributed by atoms with van der Waals surface area (Å²) in [6, 6.07) is 14.4. The van der Waals surface area contributed by atoms with Crippen LogP contribution in [0.4, 0.5) is 10.2 Å². The SMILES string of the molecule is Cc1cccc(CNC(=O)c2cnc(NCCc3ccc(F)cc3)cn2)c1. The summed E-state index contributed by atoms with van der Waals surface area (Å²) < 4.78 is 12.9. The highest BCUT2D eigenvalue weighted by molar-refractivity contribution is 5.91. The predicted octanol–water partition coefficient (Wildman–Crippen LogP) is 3.51. The van der Waals surface area contributed by atoms with Crippen LogP contribution in [0.1, 0.15) is 27.2 Å². The van der Waals surface area contributed by atoms with Crippen molar-refractivity contribution in [3.05, 3.63) is 89.1 Å². The minimum absolute atomic E-state index is 0.242. The van der Waals surface area contributed by atoms with Crippen LogP contribution >= 0.6 is 0 Å². The monoisotopic (exact) mass is 364 g/mol. The number of nitrogens with zero attached hydrogens (tertiary/aromatic N) is 2. The van der Waals surface area contributed by atoms with Crippen LogP contribution in [0.25, 0.3) is 0 Å². The fraction of sp³-hybridized carbons (Fsp3) is 0.190. The van der Waals surface area contributed by atoms with Crippen LogP contribution in [0, 0.1) is 12.7 Å². The van der Waals surface area contributed by atoms with Gasteiger partial charge in [0.05, 0.1) is 12.4 Å². The van der Waals surface area contributed by atoms with Crippen molar-refractivity contribution in [1.82, 2.24) is 15.3 Å². The average Bonchev–Trinajstić information content (AvgIpc) is 2.68. The van der Waals surface area contributed by atoms with Crippen LogP contribution in [0.2, 0.25) is 0 Å². The maximum atomic E-state index is 12.9. The molecule has 0 aliphatic rings. The van der Waals surface area contributed by atoms with Crippen LogP contribution < -0.4 is 10.6 Å². The molecule has 5 nitrogen and oxygen atoms in total. The summed E-state index contributed by atoms with van der Waals surface area (Å²) in [5.41, 5.74) is 3.49. The summed E-state index contributed by atoms with van der Waals surface area (Å²) in [5.74, 6) is 0.0862. The highest BCUT2D eigenvalue weighted by Gasteiger charge is 2.08. The van der Waals surface area contributed by atoms with Crippen molar-refractivity contribution < 1.29 is 9.18 Å². The number of hydrogen-bond acceptors (Lipinski definition) is 4. The quantitative estimate of drug-likeness (QED) is 0.673. The molecule has 0 fully saturated rings. The van der Waals surface area contributed by atoms with Gasteiger partial charge in [0.1, 0.15) is 17.3 Å². The minimum atomic E-state index is -0.262. The van der Waals surface area contributed by atoms with Gasteiger partial charge < -0.3 is 10.6 Å². The highest BCUT2D eigenvalue weighted by Crippen LogP contribution is 2.06. The van der Waals surface area contributed by atoms with E-state index in [1.165, 1.54) is 24.5 Å². The standard InChI is InChI=1S/C21H21FN4O/c1-15-3-2-4-17(11-15)12-26-21(27)19-13-25-20(14-24-19)23-10-9-16-5-7-18(22)8-6-16/h2-8,11,13-14H,9-10,12H2,1H3,(H,23,25)(H,26,27). The maximum Gasteiger partial charge on any atom is 0.271 e. The second-order valence-corrected chi connectivity index (χ2v) is 6.26. The van der Waals surface area contributed by atoms with E-state index in [1.807, 2.05) is 31.2 Å². The zero-order valence-electron chi connectivity index (χ0n) is 15.1. The molecule has 0 aliphatic heterocycles. The lowest BCUT2D eigenvalue weighted by Crippen LogP contribution is -2.24. The van der Waals surface area contributed by atoms with E-state index in [9.17, 15) is 9.18 Å². The third-order valence-electron chi connectivity index (χ3n) is 4.05. The van der Waals surface area contributed by atoms with E-state index in [0.29, 0.717) is 18.9 Å². The summed E-state index contributed by atoms with van der Waals surface area (Å²) in [6.45, 7) is 3.09. The third-order valence-corrected chi connectivity index (χ3v) is 4.05. The summed E-state index contributed by atoms with van der Waals surface area (Å²) in [5, 5.41) is 5.98. The van der Waals surface area contributed by atoms with Gasteiger partial charge in [-0.15, -0.1) is 0 Å². The first-order valence-electron chi connectivity index (χ1n) is 8.74. The van der Waals surface area contributed by atoms with Gasteiger partial charge in [-0.05, 0) is 36.6 Å². The number of carbonyl (C=O) groups excluding carboxylic acids is 1. The molecule has 2 aromatic carbocycles. The molecule has 0 atom stereocenters. The Bertz CT molecular complexity index is 895. The predicted molar refractivity (Wildman–Crippen MR) is 103 cm³/mol. The van der Waals surface area contributed by atoms with E-state index in [1.54, 1.807) is 12.1 Å². The Morgan fingerprint density at radius 1 is 1.04 bits per heavy atom. The zero-order valence-corrected chi connectivity index (χ0v) is 15.1. The fourth-order valence-corrected chi connectivity index (χ4v) is 2.62. The van der Waals surface area contributed by atoms with E-state index in [-0.39, 0.29) is 17.4 Å². The molecule has 1 heterocycles. The molecule has 0 spiro atoms. The smallest absolute Gasteiger partial charge is 0.271 e. The lowest BCUT2D eigenvalue weighted by atomic mass is 10.1. The Labute approximate surface area is 157 Å². The van der Waals surface area contributed by atoms with Gasteiger partial charge in [-0.3, -0.25) is 4.79 Å². The molecule has 0 bridgehead atoms. The molecular weight excluding hydrogens is 343 g/mol. The van der Waals surface area contributed by atoms with Gasteiger partial charge in [0, 0.05) is 13.1 Å². The molecule has 0 aliphatic carbocycles. The van der Waals surface area contributed by atoms with Crippen molar-refractivity contribution in [3.8, 4) is 0 Å². The number of benzene rings is 2. The summed E-state index contributed by atoms with van der Waals surface area (Å²) in [7, 11) is 0. The van der Waals surface area contributed by atoms with E-state index in [4.69, 9.17) is 0 Å². The van der Waals surface area contributed by atoms with E-state index >= 15 is 0 Å². The first kappa shape index (κ1) is 18.5. The van der Waals surface area contributed by atoms with Crippen molar-refractivity contribution in [3.63, 3.8) is 0 Å². The first-order chi connectivity index (χ1) is 13.1. The van der Waals surface area contributed by atoms with Crippen molar-refractivity contribution >= 4 is 11.7 Å². The molecule has 3 rings (SSSR count). The first-order valence-corrected chi connectivity index (χ1v) is 8.74. The Balaban J connectivity index is 1.47. The largest absolute Gasteiger partial charge is 0.368 e. The van der Waals surface area contributed by atoms with Crippen LogP contribution in [0.5, 0.6) is 0 Å². The van der Waals surface area contributed by atoms with E-state index < -0.39 is 0 Å². The Morgan fingerprint density at radius 3 is 2.56 bits per heavy atom. The number of amides is 1. The number of aromatic nitrogens is 2. The number of nitrogens with one attached hydrogen (secondary N) is 2. The summed E-state index contributed by atoms with van der Waals surface area (Å²) in [6.07, 6.45) is 3.72. The van der Waals surface area contributed by atoms with Gasteiger partial charge in [0.15, 0.2) is 0 Å². The molecule has 0 unspecified atom stereocenters. The zero-order chi connectivity index (χ0) is 19.1. The summed E-state index contributed by atoms with van der Waals surface area (Å²) in [4.78, 5) is 20.6. The fourth-order valence-electron chi connectivity index (χ4n) is 2.62. The topological polar surface area (TPSA) is 66.9 Å². The van der Waals surface area contributed by atoms with E-state index in [0.717, 1.165) is 23.1 Å². The molecule has 0 saturated carbocycles. The third kappa shape index (κ3) is 5.60. The minimum Gasteiger partial charge on any atom is -0.368 e. The second kappa shape index (κ2) is 8.89. The average molecular weight is 364 g/mol. The van der Waals surface area contributed by atoms with Gasteiger partial charge in [-0.2, -0.15) is 0 Å². The number of aryl methyl sites for hydroxylation is 1. The number of carbonyl (C=O) groups is 1. The maximum absolute atomic E-state index is 12.9. The Kier molecular flexibility index (Phi) is 6.10. The van der Waals surface area contributed by atoms with Crippen molar-refractivity contribution in [2.45, 2.75) is 19.9 Å². The molecule has 0 radical (unpaired) electrons. The summed E-state index contributed by atoms with van der Waals surface area (Å²) >= 11 is 0. The molecule has 1 aromatic heterocycles. The van der Waals surface area contributed by atoms with Gasteiger partial charge >= 0.3 is 0 Å².